The highest BCUT2D eigenvalue weighted by Gasteiger charge is 2.13. The lowest BCUT2D eigenvalue weighted by atomic mass is 9.89. The zero-order chi connectivity index (χ0) is 14.8. The molecule has 4 heteroatoms. The molecule has 0 radical (unpaired) electrons. The van der Waals surface area contributed by atoms with Crippen LogP contribution in [0.2, 0.25) is 0 Å². The molecule has 106 valence electrons. The Morgan fingerprint density at radius 2 is 2.05 bits per heavy atom. The summed E-state index contributed by atoms with van der Waals surface area (Å²) in [5.74, 6) is 0.0511. The van der Waals surface area contributed by atoms with Crippen LogP contribution in [0.15, 0.2) is 24.3 Å². The first kappa shape index (κ1) is 15.9. The number of nitrogens with one attached hydrogen (secondary N) is 1. The highest BCUT2D eigenvalue weighted by molar-refractivity contribution is 5.85. The van der Waals surface area contributed by atoms with Gasteiger partial charge in [-0.15, -0.1) is 0 Å². The summed E-state index contributed by atoms with van der Waals surface area (Å²) in [5, 5.41) is 11.0. The molecule has 0 heterocycles. The average Bonchev–Trinajstić information content (AvgIpc) is 2.48. The maximum Gasteiger partial charge on any atom is 0.226 e. The smallest absolute Gasteiger partial charge is 0.226 e. The van der Waals surface area contributed by atoms with Crippen molar-refractivity contribution >= 4 is 12.3 Å². The van der Waals surface area contributed by atoms with Gasteiger partial charge >= 0.3 is 0 Å². The van der Waals surface area contributed by atoms with Gasteiger partial charge < -0.3 is 0 Å². The minimum atomic E-state index is -0.241. The molecule has 1 N–H and O–H groups in total. The highest BCUT2D eigenvalue weighted by Crippen LogP contribution is 2.27. The topological polar surface area (TPSA) is 70.0 Å². The van der Waals surface area contributed by atoms with Gasteiger partial charge in [-0.1, -0.05) is 31.9 Å². The van der Waals surface area contributed by atoms with Gasteiger partial charge in [0.2, 0.25) is 12.3 Å². The van der Waals surface area contributed by atoms with Crippen LogP contribution >= 0.6 is 0 Å². The number of amides is 2. The zero-order valence-electron chi connectivity index (χ0n) is 11.8. The lowest BCUT2D eigenvalue weighted by molar-refractivity contribution is -0.125. The molecule has 20 heavy (non-hydrogen) atoms. The molecule has 4 nitrogen and oxygen atoms in total. The van der Waals surface area contributed by atoms with E-state index >= 15 is 0 Å². The van der Waals surface area contributed by atoms with E-state index < -0.39 is 0 Å². The molecule has 1 aromatic rings. The Kier molecular flexibility index (Phi) is 7.05. The molecule has 0 aromatic heterocycles. The number of carbonyl (C=O) groups excluding carboxylic acids is 2. The van der Waals surface area contributed by atoms with Crippen LogP contribution in [0.5, 0.6) is 0 Å². The van der Waals surface area contributed by atoms with Gasteiger partial charge in [0.25, 0.3) is 0 Å². The molecular weight excluding hydrogens is 252 g/mol. The average molecular weight is 272 g/mol. The van der Waals surface area contributed by atoms with E-state index in [1.54, 1.807) is 12.1 Å². The monoisotopic (exact) mass is 272 g/mol. The number of nitrogens with zero attached hydrogens (tertiary/aromatic N) is 1. The van der Waals surface area contributed by atoms with Crippen molar-refractivity contribution in [3.05, 3.63) is 35.4 Å². The Hall–Kier alpha value is -2.15. The molecule has 1 atom stereocenters. The number of hydrogen-bond acceptors (Lipinski definition) is 3. The third-order valence-electron chi connectivity index (χ3n) is 3.36. The Morgan fingerprint density at radius 3 is 2.60 bits per heavy atom. The molecule has 0 aliphatic heterocycles. The molecule has 0 saturated heterocycles. The predicted molar refractivity (Wildman–Crippen MR) is 76.9 cm³/mol. The lowest BCUT2D eigenvalue weighted by Crippen LogP contribution is -2.21. The Bertz CT molecular complexity index is 474. The molecule has 0 bridgehead atoms. The fourth-order valence-corrected chi connectivity index (χ4v) is 2.20. The van der Waals surface area contributed by atoms with E-state index in [1.807, 2.05) is 12.1 Å². The van der Waals surface area contributed by atoms with E-state index in [2.05, 4.69) is 18.3 Å². The Balaban J connectivity index is 2.69. The molecule has 0 aliphatic carbocycles. The van der Waals surface area contributed by atoms with Crippen molar-refractivity contribution in [1.82, 2.24) is 5.32 Å². The second-order valence-corrected chi connectivity index (χ2v) is 4.80. The molecule has 1 unspecified atom stereocenters. The summed E-state index contributed by atoms with van der Waals surface area (Å²) in [6.45, 7) is 2.13. The van der Waals surface area contributed by atoms with E-state index in [4.69, 9.17) is 5.26 Å². The van der Waals surface area contributed by atoms with Crippen LogP contribution < -0.4 is 5.32 Å². The number of hydrogen-bond donors (Lipinski definition) is 1. The number of unbranched alkanes of at least 4 members (excludes halogenated alkanes) is 1. The molecule has 0 spiro atoms. The minimum Gasteiger partial charge on any atom is -0.299 e. The summed E-state index contributed by atoms with van der Waals surface area (Å²) in [6.07, 6.45) is 4.69. The summed E-state index contributed by atoms with van der Waals surface area (Å²) in [5.41, 5.74) is 1.79. The van der Waals surface area contributed by atoms with Crippen LogP contribution in [0.25, 0.3) is 0 Å². The zero-order valence-corrected chi connectivity index (χ0v) is 11.8. The molecule has 2 amide bonds. The van der Waals surface area contributed by atoms with Gasteiger partial charge in [0.15, 0.2) is 0 Å². The van der Waals surface area contributed by atoms with E-state index in [1.165, 1.54) is 0 Å². The van der Waals surface area contributed by atoms with Gasteiger partial charge in [-0.25, -0.2) is 0 Å². The number of imide groups is 1. The van der Waals surface area contributed by atoms with E-state index in [-0.39, 0.29) is 5.91 Å². The molecule has 0 fully saturated rings. The second kappa shape index (κ2) is 8.87. The summed E-state index contributed by atoms with van der Waals surface area (Å²) >= 11 is 0. The van der Waals surface area contributed by atoms with Crippen LogP contribution in [0.3, 0.4) is 0 Å². The summed E-state index contributed by atoms with van der Waals surface area (Å²) in [6, 6.07) is 9.62. The van der Waals surface area contributed by atoms with Gasteiger partial charge in [0, 0.05) is 6.42 Å². The van der Waals surface area contributed by atoms with Gasteiger partial charge in [-0.3, -0.25) is 14.9 Å². The maximum atomic E-state index is 11.4. The van der Waals surface area contributed by atoms with Gasteiger partial charge in [-0.2, -0.15) is 5.26 Å². The first-order valence-electron chi connectivity index (χ1n) is 6.94. The number of nitriles is 1. The van der Waals surface area contributed by atoms with Gasteiger partial charge in [-0.05, 0) is 36.5 Å². The van der Waals surface area contributed by atoms with Crippen LogP contribution in [0.4, 0.5) is 0 Å². The van der Waals surface area contributed by atoms with Crippen molar-refractivity contribution in [2.45, 2.75) is 44.9 Å². The van der Waals surface area contributed by atoms with Crippen molar-refractivity contribution in [3.8, 4) is 6.07 Å². The lowest BCUT2D eigenvalue weighted by Gasteiger charge is -2.16. The third kappa shape index (κ3) is 5.23. The van der Waals surface area contributed by atoms with Crippen molar-refractivity contribution in [2.24, 2.45) is 0 Å². The quantitative estimate of drug-likeness (QED) is 0.740. The van der Waals surface area contributed by atoms with Crippen LogP contribution in [0.1, 0.15) is 56.1 Å². The number of benzene rings is 1. The molecule has 0 aliphatic rings. The number of rotatable bonds is 8. The van der Waals surface area contributed by atoms with Gasteiger partial charge in [0.1, 0.15) is 0 Å². The second-order valence-electron chi connectivity index (χ2n) is 4.80. The first-order valence-corrected chi connectivity index (χ1v) is 6.94. The van der Waals surface area contributed by atoms with E-state index in [0.717, 1.165) is 24.8 Å². The first-order chi connectivity index (χ1) is 9.71. The predicted octanol–water partition coefficient (Wildman–Crippen LogP) is 2.88. The fraction of sp³-hybridized carbons (Fsp3) is 0.438. The SMILES string of the molecule is CCCCC(CCC(=O)NC=O)c1ccc(C#N)cc1. The van der Waals surface area contributed by atoms with Crippen LogP contribution in [-0.4, -0.2) is 12.3 Å². The number of carbonyl (C=O) groups is 2. The van der Waals surface area contributed by atoms with E-state index in [0.29, 0.717) is 30.7 Å². The van der Waals surface area contributed by atoms with Crippen molar-refractivity contribution < 1.29 is 9.59 Å². The minimum absolute atomic E-state index is 0.241. The molecule has 1 aromatic carbocycles. The fourth-order valence-electron chi connectivity index (χ4n) is 2.20. The summed E-state index contributed by atoms with van der Waals surface area (Å²) in [4.78, 5) is 21.6. The molecular formula is C16H20N2O2. The van der Waals surface area contributed by atoms with Crippen LogP contribution in [0, 0.1) is 11.3 Å². The van der Waals surface area contributed by atoms with E-state index in [9.17, 15) is 9.59 Å². The van der Waals surface area contributed by atoms with Crippen molar-refractivity contribution in [2.75, 3.05) is 0 Å². The van der Waals surface area contributed by atoms with Crippen molar-refractivity contribution in [3.63, 3.8) is 0 Å². The highest BCUT2D eigenvalue weighted by atomic mass is 16.2. The maximum absolute atomic E-state index is 11.4. The van der Waals surface area contributed by atoms with Gasteiger partial charge in [0.05, 0.1) is 11.6 Å². The summed E-state index contributed by atoms with van der Waals surface area (Å²) in [7, 11) is 0. The molecule has 0 saturated carbocycles. The standard InChI is InChI=1S/C16H20N2O2/c1-2-3-4-14(9-10-16(20)18-12-19)15-7-5-13(11-17)6-8-15/h5-8,12,14H,2-4,9-10H2,1H3,(H,18,19,20). The largest absolute Gasteiger partial charge is 0.299 e. The third-order valence-corrected chi connectivity index (χ3v) is 3.36. The normalized spacial score (nSPS) is 11.4. The van der Waals surface area contributed by atoms with Crippen LogP contribution in [-0.2, 0) is 9.59 Å². The Morgan fingerprint density at radius 1 is 1.35 bits per heavy atom. The summed E-state index contributed by atoms with van der Waals surface area (Å²) < 4.78 is 0. The Labute approximate surface area is 119 Å². The molecule has 1 rings (SSSR count). The van der Waals surface area contributed by atoms with Crippen molar-refractivity contribution in [1.29, 1.82) is 5.26 Å².